The third-order valence-corrected chi connectivity index (χ3v) is 4.03. The van der Waals surface area contributed by atoms with Crippen LogP contribution < -0.4 is 0 Å². The number of carboxylic acid groups (broad SMARTS) is 1. The van der Waals surface area contributed by atoms with Crippen LogP contribution in [0.4, 0.5) is 0 Å². The summed E-state index contributed by atoms with van der Waals surface area (Å²) in [6.07, 6.45) is 0. The van der Waals surface area contributed by atoms with Crippen LogP contribution in [0.25, 0.3) is 10.9 Å². The van der Waals surface area contributed by atoms with E-state index in [1.54, 1.807) is 13.0 Å². The van der Waals surface area contributed by atoms with Crippen LogP contribution in [-0.4, -0.2) is 16.1 Å². The number of pyridine rings is 1. The van der Waals surface area contributed by atoms with Gasteiger partial charge < -0.3 is 5.11 Å². The molecule has 0 amide bonds. The molecule has 0 radical (unpaired) electrons. The Labute approximate surface area is 108 Å². The maximum absolute atomic E-state index is 11.3. The van der Waals surface area contributed by atoms with Crippen molar-refractivity contribution in [2.75, 3.05) is 0 Å². The van der Waals surface area contributed by atoms with Gasteiger partial charge in [-0.1, -0.05) is 15.9 Å². The van der Waals surface area contributed by atoms with Gasteiger partial charge in [-0.2, -0.15) is 0 Å². The molecule has 2 aromatic rings. The number of aryl methyl sites for hydroxylation is 3. The summed E-state index contributed by atoms with van der Waals surface area (Å²) in [6, 6.07) is 3.52. The van der Waals surface area contributed by atoms with Crippen LogP contribution in [0.1, 0.15) is 27.2 Å². The van der Waals surface area contributed by atoms with Crippen molar-refractivity contribution in [2.24, 2.45) is 0 Å². The fourth-order valence-corrected chi connectivity index (χ4v) is 2.35. The number of aromatic nitrogens is 1. The van der Waals surface area contributed by atoms with Gasteiger partial charge >= 0.3 is 5.97 Å². The number of benzene rings is 1. The van der Waals surface area contributed by atoms with E-state index in [1.165, 1.54) is 0 Å². The van der Waals surface area contributed by atoms with Crippen LogP contribution in [-0.2, 0) is 0 Å². The van der Waals surface area contributed by atoms with Gasteiger partial charge in [-0.25, -0.2) is 4.79 Å². The summed E-state index contributed by atoms with van der Waals surface area (Å²) in [5.41, 5.74) is 3.75. The maximum atomic E-state index is 11.3. The summed E-state index contributed by atoms with van der Waals surface area (Å²) < 4.78 is 0.943. The fraction of sp³-hybridized carbons (Fsp3) is 0.231. The molecular formula is C13H12BrNO2. The lowest BCUT2D eigenvalue weighted by atomic mass is 10.0. The Morgan fingerprint density at radius 3 is 2.53 bits per heavy atom. The summed E-state index contributed by atoms with van der Waals surface area (Å²) in [5, 5.41) is 9.96. The van der Waals surface area contributed by atoms with Crippen molar-refractivity contribution in [3.8, 4) is 0 Å². The van der Waals surface area contributed by atoms with Crippen LogP contribution in [0.2, 0.25) is 0 Å². The number of halogens is 1. The Bertz CT molecular complexity index is 635. The molecule has 17 heavy (non-hydrogen) atoms. The first kappa shape index (κ1) is 12.0. The lowest BCUT2D eigenvalue weighted by Crippen LogP contribution is -2.02. The number of nitrogens with zero attached hydrogens (tertiary/aromatic N) is 1. The predicted octanol–water partition coefficient (Wildman–Crippen LogP) is 3.62. The van der Waals surface area contributed by atoms with Crippen LogP contribution in [0.3, 0.4) is 0 Å². The molecule has 0 unspecified atom stereocenters. The molecule has 2 rings (SSSR count). The molecule has 1 aromatic carbocycles. The lowest BCUT2D eigenvalue weighted by molar-refractivity contribution is 0.0699. The maximum Gasteiger partial charge on any atom is 0.336 e. The molecule has 0 bridgehead atoms. The van der Waals surface area contributed by atoms with Gasteiger partial charge in [0.25, 0.3) is 0 Å². The normalized spacial score (nSPS) is 10.8. The van der Waals surface area contributed by atoms with Crippen LogP contribution >= 0.6 is 15.9 Å². The van der Waals surface area contributed by atoms with Gasteiger partial charge in [-0.15, -0.1) is 0 Å². The fourth-order valence-electron chi connectivity index (χ4n) is 2.04. The van der Waals surface area contributed by atoms with Crippen molar-refractivity contribution in [1.82, 2.24) is 4.98 Å². The van der Waals surface area contributed by atoms with Crippen molar-refractivity contribution < 1.29 is 9.90 Å². The highest BCUT2D eigenvalue weighted by molar-refractivity contribution is 9.10. The van der Waals surface area contributed by atoms with E-state index in [0.29, 0.717) is 10.9 Å². The second-order valence-corrected chi connectivity index (χ2v) is 4.94. The Hall–Kier alpha value is -1.42. The van der Waals surface area contributed by atoms with Gasteiger partial charge in [0.2, 0.25) is 0 Å². The van der Waals surface area contributed by atoms with Crippen molar-refractivity contribution >= 4 is 32.8 Å². The van der Waals surface area contributed by atoms with Crippen LogP contribution in [0.5, 0.6) is 0 Å². The Morgan fingerprint density at radius 1 is 1.29 bits per heavy atom. The second-order valence-electron chi connectivity index (χ2n) is 4.14. The zero-order valence-corrected chi connectivity index (χ0v) is 11.4. The Morgan fingerprint density at radius 2 is 1.94 bits per heavy atom. The van der Waals surface area contributed by atoms with E-state index in [4.69, 9.17) is 0 Å². The van der Waals surface area contributed by atoms with Gasteiger partial charge in [0.1, 0.15) is 0 Å². The predicted molar refractivity (Wildman–Crippen MR) is 70.6 cm³/mol. The Kier molecular flexibility index (Phi) is 2.91. The molecule has 1 aromatic heterocycles. The van der Waals surface area contributed by atoms with Crippen LogP contribution in [0.15, 0.2) is 16.6 Å². The molecule has 4 heteroatoms. The number of hydrogen-bond acceptors (Lipinski definition) is 2. The lowest BCUT2D eigenvalue weighted by Gasteiger charge is -2.11. The molecule has 0 aliphatic heterocycles. The molecule has 88 valence electrons. The third-order valence-electron chi connectivity index (χ3n) is 2.81. The van der Waals surface area contributed by atoms with E-state index >= 15 is 0 Å². The molecule has 0 atom stereocenters. The minimum Gasteiger partial charge on any atom is -0.478 e. The smallest absolute Gasteiger partial charge is 0.336 e. The summed E-state index contributed by atoms with van der Waals surface area (Å²) >= 11 is 3.48. The molecule has 0 aliphatic carbocycles. The van der Waals surface area contributed by atoms with Gasteiger partial charge in [0, 0.05) is 15.6 Å². The molecule has 0 aliphatic rings. The number of fused-ring (bicyclic) bond motifs is 1. The summed E-state index contributed by atoms with van der Waals surface area (Å²) in [7, 11) is 0. The summed E-state index contributed by atoms with van der Waals surface area (Å²) in [4.78, 5) is 15.7. The van der Waals surface area contributed by atoms with Crippen molar-refractivity contribution in [1.29, 1.82) is 0 Å². The van der Waals surface area contributed by atoms with Crippen molar-refractivity contribution in [2.45, 2.75) is 20.8 Å². The molecule has 0 saturated heterocycles. The zero-order valence-electron chi connectivity index (χ0n) is 9.84. The van der Waals surface area contributed by atoms with Crippen molar-refractivity contribution in [3.63, 3.8) is 0 Å². The monoisotopic (exact) mass is 293 g/mol. The van der Waals surface area contributed by atoms with E-state index in [0.717, 1.165) is 26.8 Å². The number of hydrogen-bond donors (Lipinski definition) is 1. The standard InChI is InChI=1S/C13H12BrNO2/c1-6-4-10-11(8(3)12(6)14)9(13(16)17)5-7(2)15-10/h4-5H,1-3H3,(H,16,17). The summed E-state index contributed by atoms with van der Waals surface area (Å²) in [5.74, 6) is -0.917. The quantitative estimate of drug-likeness (QED) is 0.874. The highest BCUT2D eigenvalue weighted by Crippen LogP contribution is 2.31. The largest absolute Gasteiger partial charge is 0.478 e. The number of rotatable bonds is 1. The average molecular weight is 294 g/mol. The third kappa shape index (κ3) is 1.93. The van der Waals surface area contributed by atoms with Crippen molar-refractivity contribution in [3.05, 3.63) is 39.0 Å². The average Bonchev–Trinajstić information content (AvgIpc) is 2.24. The minimum absolute atomic E-state index is 0.311. The van der Waals surface area contributed by atoms with E-state index in [2.05, 4.69) is 20.9 Å². The molecule has 0 saturated carbocycles. The summed E-state index contributed by atoms with van der Waals surface area (Å²) in [6.45, 7) is 5.68. The molecule has 1 heterocycles. The molecule has 3 nitrogen and oxygen atoms in total. The van der Waals surface area contributed by atoms with E-state index < -0.39 is 5.97 Å². The highest BCUT2D eigenvalue weighted by atomic mass is 79.9. The van der Waals surface area contributed by atoms with Gasteiger partial charge in [0.15, 0.2) is 0 Å². The first-order valence-electron chi connectivity index (χ1n) is 5.22. The van der Waals surface area contributed by atoms with Gasteiger partial charge in [0.05, 0.1) is 11.1 Å². The molecule has 0 fully saturated rings. The second kappa shape index (κ2) is 4.11. The first-order chi connectivity index (χ1) is 7.91. The molecule has 1 N–H and O–H groups in total. The Balaban J connectivity index is 3.01. The van der Waals surface area contributed by atoms with E-state index in [1.807, 2.05) is 19.9 Å². The topological polar surface area (TPSA) is 50.2 Å². The number of aromatic carboxylic acids is 1. The zero-order chi connectivity index (χ0) is 12.7. The molecule has 0 spiro atoms. The number of carboxylic acids is 1. The molecular weight excluding hydrogens is 282 g/mol. The van der Waals surface area contributed by atoms with E-state index in [9.17, 15) is 9.90 Å². The SMILES string of the molecule is Cc1cc(C(=O)O)c2c(C)c(Br)c(C)cc2n1. The van der Waals surface area contributed by atoms with Gasteiger partial charge in [-0.05, 0) is 44.0 Å². The highest BCUT2D eigenvalue weighted by Gasteiger charge is 2.15. The van der Waals surface area contributed by atoms with Crippen LogP contribution in [0, 0.1) is 20.8 Å². The minimum atomic E-state index is -0.917. The number of carbonyl (C=O) groups is 1. The van der Waals surface area contributed by atoms with E-state index in [-0.39, 0.29) is 0 Å². The first-order valence-corrected chi connectivity index (χ1v) is 6.01. The van der Waals surface area contributed by atoms with Gasteiger partial charge in [-0.3, -0.25) is 4.98 Å².